The molecule has 0 spiro atoms. The third-order valence-corrected chi connectivity index (χ3v) is 5.20. The molecule has 17 heavy (non-hydrogen) atoms. The quantitative estimate of drug-likeness (QED) is 0.640. The van der Waals surface area contributed by atoms with Gasteiger partial charge in [0.25, 0.3) is 0 Å². The molecule has 2 aliphatic rings. The molecule has 1 saturated heterocycles. The van der Waals surface area contributed by atoms with Crippen LogP contribution in [-0.4, -0.2) is 17.5 Å². The highest BCUT2D eigenvalue weighted by atomic mass is 15.2. The van der Waals surface area contributed by atoms with Gasteiger partial charge in [-0.15, -0.1) is 0 Å². The van der Waals surface area contributed by atoms with Crippen molar-refractivity contribution in [1.29, 1.82) is 0 Å². The fraction of sp³-hybridized carbons (Fsp3) is 0.750. The van der Waals surface area contributed by atoms with Gasteiger partial charge in [0, 0.05) is 6.54 Å². The zero-order valence-corrected chi connectivity index (χ0v) is 11.9. The number of likely N-dealkylation sites (tertiary alicyclic amines) is 1. The lowest BCUT2D eigenvalue weighted by Gasteiger charge is -2.44. The minimum atomic E-state index is 0.360. The molecule has 0 N–H and O–H groups in total. The van der Waals surface area contributed by atoms with Crippen molar-refractivity contribution in [2.75, 3.05) is 6.54 Å². The van der Waals surface area contributed by atoms with Crippen LogP contribution in [0.2, 0.25) is 0 Å². The Morgan fingerprint density at radius 2 is 2.06 bits per heavy atom. The lowest BCUT2D eigenvalue weighted by Crippen LogP contribution is -2.39. The maximum absolute atomic E-state index is 3.98. The third kappa shape index (κ3) is 2.05. The summed E-state index contributed by atoms with van der Waals surface area (Å²) in [4.78, 5) is 2.46. The normalized spacial score (nSPS) is 33.1. The minimum Gasteiger partial charge on any atom is -0.371 e. The van der Waals surface area contributed by atoms with Crippen LogP contribution in [0.3, 0.4) is 0 Å². The van der Waals surface area contributed by atoms with Crippen LogP contribution in [0.5, 0.6) is 0 Å². The summed E-state index contributed by atoms with van der Waals surface area (Å²) >= 11 is 0. The van der Waals surface area contributed by atoms with Crippen molar-refractivity contribution >= 4 is 0 Å². The van der Waals surface area contributed by atoms with Crippen molar-refractivity contribution in [3.8, 4) is 0 Å². The van der Waals surface area contributed by atoms with Crippen molar-refractivity contribution in [3.63, 3.8) is 0 Å². The summed E-state index contributed by atoms with van der Waals surface area (Å²) in [5.41, 5.74) is 3.72. The molecule has 1 heteroatoms. The number of hydrogen-bond acceptors (Lipinski definition) is 1. The van der Waals surface area contributed by atoms with E-state index < -0.39 is 0 Å². The van der Waals surface area contributed by atoms with Gasteiger partial charge in [-0.05, 0) is 55.7 Å². The monoisotopic (exact) mass is 233 g/mol. The molecule has 2 unspecified atom stereocenters. The number of nitrogens with zero attached hydrogens (tertiary/aromatic N) is 1. The minimum absolute atomic E-state index is 0.360. The second-order valence-electron chi connectivity index (χ2n) is 6.43. The van der Waals surface area contributed by atoms with Crippen molar-refractivity contribution in [3.05, 3.63) is 23.9 Å². The summed E-state index contributed by atoms with van der Waals surface area (Å²) in [6, 6.07) is 0.630. The van der Waals surface area contributed by atoms with E-state index in [4.69, 9.17) is 0 Å². The first-order valence-electron chi connectivity index (χ1n) is 7.07. The molecule has 2 rings (SSSR count). The Kier molecular flexibility index (Phi) is 3.38. The van der Waals surface area contributed by atoms with Gasteiger partial charge < -0.3 is 4.90 Å². The van der Waals surface area contributed by atoms with Gasteiger partial charge in [-0.3, -0.25) is 0 Å². The van der Waals surface area contributed by atoms with Gasteiger partial charge in [-0.2, -0.15) is 0 Å². The van der Waals surface area contributed by atoms with Crippen LogP contribution in [0.4, 0.5) is 0 Å². The summed E-state index contributed by atoms with van der Waals surface area (Å²) in [5, 5.41) is 0. The molecule has 1 nitrogen and oxygen atoms in total. The molecule has 1 aliphatic heterocycles. The van der Waals surface area contributed by atoms with E-state index in [1.165, 1.54) is 32.2 Å². The van der Waals surface area contributed by atoms with Gasteiger partial charge in [0.15, 0.2) is 0 Å². The lowest BCUT2D eigenvalue weighted by atomic mass is 9.64. The van der Waals surface area contributed by atoms with Gasteiger partial charge in [0.05, 0.1) is 6.04 Å². The summed E-state index contributed by atoms with van der Waals surface area (Å²) in [5.74, 6) is 0.800. The standard InChI is InChI=1S/C16H27N/c1-6-17-11-7-8-14(17)15-12(2)9-10-13(3)16(15,4)5/h6,13-14H,1,7-11H2,2-5H3. The van der Waals surface area contributed by atoms with Crippen molar-refractivity contribution in [2.45, 2.75) is 59.4 Å². The highest BCUT2D eigenvalue weighted by molar-refractivity contribution is 5.30. The van der Waals surface area contributed by atoms with Crippen molar-refractivity contribution in [2.24, 2.45) is 11.3 Å². The Hall–Kier alpha value is -0.720. The van der Waals surface area contributed by atoms with Crippen LogP contribution in [0.25, 0.3) is 0 Å². The predicted octanol–water partition coefficient (Wildman–Crippen LogP) is 4.37. The molecule has 0 radical (unpaired) electrons. The summed E-state index contributed by atoms with van der Waals surface area (Å²) < 4.78 is 0. The molecule has 96 valence electrons. The third-order valence-electron chi connectivity index (χ3n) is 5.20. The number of hydrogen-bond donors (Lipinski definition) is 0. The molecule has 0 aromatic carbocycles. The van der Waals surface area contributed by atoms with Crippen LogP contribution in [-0.2, 0) is 0 Å². The molecule has 0 aromatic heterocycles. The van der Waals surface area contributed by atoms with E-state index in [2.05, 4.69) is 39.2 Å². The molecular weight excluding hydrogens is 206 g/mol. The van der Waals surface area contributed by atoms with Crippen LogP contribution in [0.1, 0.15) is 53.4 Å². The zero-order chi connectivity index (χ0) is 12.6. The van der Waals surface area contributed by atoms with Crippen LogP contribution >= 0.6 is 0 Å². The highest BCUT2D eigenvalue weighted by Crippen LogP contribution is 2.48. The van der Waals surface area contributed by atoms with Gasteiger partial charge in [-0.1, -0.05) is 32.9 Å². The average molecular weight is 233 g/mol. The molecule has 1 heterocycles. The summed E-state index contributed by atoms with van der Waals surface area (Å²) in [6.45, 7) is 14.8. The Bertz CT molecular complexity index is 337. The summed E-state index contributed by atoms with van der Waals surface area (Å²) in [6.07, 6.45) is 7.32. The fourth-order valence-corrected chi connectivity index (χ4v) is 3.78. The molecule has 0 bridgehead atoms. The smallest absolute Gasteiger partial charge is 0.0505 e. The van der Waals surface area contributed by atoms with E-state index in [1.807, 2.05) is 6.20 Å². The van der Waals surface area contributed by atoms with E-state index in [0.29, 0.717) is 11.5 Å². The molecule has 0 amide bonds. The maximum atomic E-state index is 3.98. The largest absolute Gasteiger partial charge is 0.371 e. The lowest BCUT2D eigenvalue weighted by molar-refractivity contribution is 0.210. The predicted molar refractivity (Wildman–Crippen MR) is 74.8 cm³/mol. The fourth-order valence-electron chi connectivity index (χ4n) is 3.78. The Morgan fingerprint density at radius 3 is 2.71 bits per heavy atom. The van der Waals surface area contributed by atoms with Gasteiger partial charge in [0.2, 0.25) is 0 Å². The van der Waals surface area contributed by atoms with E-state index in [9.17, 15) is 0 Å². The molecular formula is C16H27N. The number of allylic oxidation sites excluding steroid dienone is 1. The molecule has 0 aromatic rings. The van der Waals surface area contributed by atoms with Crippen LogP contribution in [0.15, 0.2) is 23.9 Å². The molecule has 1 aliphatic carbocycles. The first-order valence-corrected chi connectivity index (χ1v) is 7.07. The second kappa shape index (κ2) is 4.51. The SMILES string of the molecule is C=CN1CCCC1C1=C(C)CCC(C)C1(C)C. The molecule has 2 atom stereocenters. The topological polar surface area (TPSA) is 3.24 Å². The van der Waals surface area contributed by atoms with Crippen LogP contribution < -0.4 is 0 Å². The average Bonchev–Trinajstić information content (AvgIpc) is 2.72. The van der Waals surface area contributed by atoms with E-state index in [-0.39, 0.29) is 0 Å². The first kappa shape index (κ1) is 12.7. The van der Waals surface area contributed by atoms with Crippen LogP contribution in [0, 0.1) is 11.3 Å². The Morgan fingerprint density at radius 1 is 1.35 bits per heavy atom. The highest BCUT2D eigenvalue weighted by Gasteiger charge is 2.40. The Labute approximate surface area is 107 Å². The number of rotatable bonds is 2. The van der Waals surface area contributed by atoms with Gasteiger partial charge >= 0.3 is 0 Å². The maximum Gasteiger partial charge on any atom is 0.0505 e. The van der Waals surface area contributed by atoms with E-state index in [0.717, 1.165) is 5.92 Å². The molecule has 0 saturated carbocycles. The zero-order valence-electron chi connectivity index (χ0n) is 11.9. The van der Waals surface area contributed by atoms with E-state index in [1.54, 1.807) is 11.1 Å². The van der Waals surface area contributed by atoms with Crippen molar-refractivity contribution in [1.82, 2.24) is 4.90 Å². The first-order chi connectivity index (χ1) is 7.98. The van der Waals surface area contributed by atoms with E-state index >= 15 is 0 Å². The van der Waals surface area contributed by atoms with Gasteiger partial charge in [0.1, 0.15) is 0 Å². The Balaban J connectivity index is 2.37. The van der Waals surface area contributed by atoms with Crippen molar-refractivity contribution < 1.29 is 0 Å². The van der Waals surface area contributed by atoms with Gasteiger partial charge in [-0.25, -0.2) is 0 Å². The second-order valence-corrected chi connectivity index (χ2v) is 6.43. The molecule has 1 fully saturated rings. The summed E-state index contributed by atoms with van der Waals surface area (Å²) in [7, 11) is 0.